The SMILES string of the molecule is Cc1nc(CC2CCCO2)oc1C(=O)O. The molecule has 82 valence electrons. The zero-order chi connectivity index (χ0) is 10.8. The first-order valence-electron chi connectivity index (χ1n) is 4.98. The molecule has 1 N–H and O–H groups in total. The molecule has 1 saturated heterocycles. The fourth-order valence-corrected chi connectivity index (χ4v) is 1.74. The van der Waals surface area contributed by atoms with Crippen LogP contribution in [0.25, 0.3) is 0 Å². The van der Waals surface area contributed by atoms with Crippen molar-refractivity contribution < 1.29 is 19.1 Å². The quantitative estimate of drug-likeness (QED) is 0.818. The van der Waals surface area contributed by atoms with Gasteiger partial charge >= 0.3 is 5.97 Å². The van der Waals surface area contributed by atoms with Gasteiger partial charge in [0, 0.05) is 6.61 Å². The average Bonchev–Trinajstić information content (AvgIpc) is 2.75. The molecule has 0 radical (unpaired) electrons. The Balaban J connectivity index is 2.08. The van der Waals surface area contributed by atoms with Gasteiger partial charge in [-0.05, 0) is 19.8 Å². The van der Waals surface area contributed by atoms with Crippen molar-refractivity contribution in [1.82, 2.24) is 4.98 Å². The molecule has 0 amide bonds. The highest BCUT2D eigenvalue weighted by molar-refractivity contribution is 5.85. The third kappa shape index (κ3) is 2.18. The van der Waals surface area contributed by atoms with E-state index in [-0.39, 0.29) is 11.9 Å². The fraction of sp³-hybridized carbons (Fsp3) is 0.600. The monoisotopic (exact) mass is 211 g/mol. The Kier molecular flexibility index (Phi) is 2.73. The maximum absolute atomic E-state index is 10.7. The summed E-state index contributed by atoms with van der Waals surface area (Å²) >= 11 is 0. The van der Waals surface area contributed by atoms with Gasteiger partial charge in [0.1, 0.15) is 0 Å². The molecule has 1 fully saturated rings. The summed E-state index contributed by atoms with van der Waals surface area (Å²) in [5, 5.41) is 8.77. The summed E-state index contributed by atoms with van der Waals surface area (Å²) in [4.78, 5) is 14.8. The maximum atomic E-state index is 10.7. The Labute approximate surface area is 87.1 Å². The highest BCUT2D eigenvalue weighted by Crippen LogP contribution is 2.18. The molecular formula is C10H13NO4. The normalized spacial score (nSPS) is 20.7. The number of ether oxygens (including phenoxy) is 1. The zero-order valence-electron chi connectivity index (χ0n) is 8.52. The number of hydrogen-bond acceptors (Lipinski definition) is 4. The minimum absolute atomic E-state index is 0.0667. The largest absolute Gasteiger partial charge is 0.475 e. The molecule has 5 heteroatoms. The van der Waals surface area contributed by atoms with Crippen molar-refractivity contribution in [2.45, 2.75) is 32.3 Å². The Morgan fingerprint density at radius 1 is 1.67 bits per heavy atom. The highest BCUT2D eigenvalue weighted by atomic mass is 16.5. The van der Waals surface area contributed by atoms with Gasteiger partial charge in [0.2, 0.25) is 5.76 Å². The molecule has 1 aromatic heterocycles. The maximum Gasteiger partial charge on any atom is 0.373 e. The molecule has 1 aliphatic heterocycles. The Morgan fingerprint density at radius 2 is 2.47 bits per heavy atom. The summed E-state index contributed by atoms with van der Waals surface area (Å²) in [6.45, 7) is 2.40. The van der Waals surface area contributed by atoms with Crippen molar-refractivity contribution in [3.8, 4) is 0 Å². The van der Waals surface area contributed by atoms with E-state index in [1.54, 1.807) is 6.92 Å². The highest BCUT2D eigenvalue weighted by Gasteiger charge is 2.21. The first-order chi connectivity index (χ1) is 7.16. The van der Waals surface area contributed by atoms with Gasteiger partial charge < -0.3 is 14.3 Å². The van der Waals surface area contributed by atoms with Crippen molar-refractivity contribution in [3.63, 3.8) is 0 Å². The number of aromatic carboxylic acids is 1. The second-order valence-corrected chi connectivity index (χ2v) is 3.67. The van der Waals surface area contributed by atoms with Crippen molar-refractivity contribution in [3.05, 3.63) is 17.3 Å². The van der Waals surface area contributed by atoms with Crippen LogP contribution < -0.4 is 0 Å². The van der Waals surface area contributed by atoms with Gasteiger partial charge in [-0.15, -0.1) is 0 Å². The minimum Gasteiger partial charge on any atom is -0.475 e. The van der Waals surface area contributed by atoms with E-state index < -0.39 is 5.97 Å². The summed E-state index contributed by atoms with van der Waals surface area (Å²) in [5.41, 5.74) is 0.426. The Bertz CT molecular complexity index is 365. The first-order valence-corrected chi connectivity index (χ1v) is 4.98. The molecule has 1 atom stereocenters. The van der Waals surface area contributed by atoms with E-state index in [1.165, 1.54) is 0 Å². The summed E-state index contributed by atoms with van der Waals surface area (Å²) in [6, 6.07) is 0. The predicted octanol–water partition coefficient (Wildman–Crippen LogP) is 1.40. The molecular weight excluding hydrogens is 198 g/mol. The summed E-state index contributed by atoms with van der Waals surface area (Å²) < 4.78 is 10.6. The molecule has 1 unspecified atom stereocenters. The minimum atomic E-state index is -1.07. The van der Waals surface area contributed by atoms with Crippen LogP contribution >= 0.6 is 0 Å². The van der Waals surface area contributed by atoms with Crippen LogP contribution in [-0.2, 0) is 11.2 Å². The lowest BCUT2D eigenvalue weighted by Crippen LogP contribution is -2.08. The molecule has 0 saturated carbocycles. The van der Waals surface area contributed by atoms with Crippen LogP contribution in [0.4, 0.5) is 0 Å². The number of nitrogens with zero attached hydrogens (tertiary/aromatic N) is 1. The lowest BCUT2D eigenvalue weighted by molar-refractivity contribution is 0.0654. The molecule has 0 aliphatic carbocycles. The molecule has 0 bridgehead atoms. The number of hydrogen-bond donors (Lipinski definition) is 1. The van der Waals surface area contributed by atoms with Crippen molar-refractivity contribution >= 4 is 5.97 Å². The summed E-state index contributed by atoms with van der Waals surface area (Å²) in [7, 11) is 0. The smallest absolute Gasteiger partial charge is 0.373 e. The van der Waals surface area contributed by atoms with Gasteiger partial charge in [0.05, 0.1) is 18.2 Å². The van der Waals surface area contributed by atoms with E-state index in [0.717, 1.165) is 19.4 Å². The zero-order valence-corrected chi connectivity index (χ0v) is 8.52. The number of oxazole rings is 1. The number of aryl methyl sites for hydroxylation is 1. The van der Waals surface area contributed by atoms with Crippen LogP contribution in [-0.4, -0.2) is 28.8 Å². The van der Waals surface area contributed by atoms with Gasteiger partial charge in [-0.1, -0.05) is 0 Å². The van der Waals surface area contributed by atoms with Crippen LogP contribution in [0.5, 0.6) is 0 Å². The molecule has 2 rings (SSSR count). The van der Waals surface area contributed by atoms with Crippen LogP contribution in [0.2, 0.25) is 0 Å². The number of carboxylic acid groups (broad SMARTS) is 1. The first kappa shape index (κ1) is 10.2. The van der Waals surface area contributed by atoms with E-state index in [1.807, 2.05) is 0 Å². The van der Waals surface area contributed by atoms with E-state index >= 15 is 0 Å². The fourth-order valence-electron chi connectivity index (χ4n) is 1.74. The third-order valence-corrected chi connectivity index (χ3v) is 2.46. The van der Waals surface area contributed by atoms with E-state index in [0.29, 0.717) is 18.0 Å². The number of rotatable bonds is 3. The van der Waals surface area contributed by atoms with Crippen LogP contribution in [0.3, 0.4) is 0 Å². The van der Waals surface area contributed by atoms with Crippen molar-refractivity contribution in [2.24, 2.45) is 0 Å². The van der Waals surface area contributed by atoms with Gasteiger partial charge in [-0.2, -0.15) is 0 Å². The van der Waals surface area contributed by atoms with Crippen molar-refractivity contribution in [2.75, 3.05) is 6.61 Å². The van der Waals surface area contributed by atoms with Crippen molar-refractivity contribution in [1.29, 1.82) is 0 Å². The topological polar surface area (TPSA) is 72.6 Å². The molecule has 15 heavy (non-hydrogen) atoms. The van der Waals surface area contributed by atoms with E-state index in [9.17, 15) is 4.79 Å². The number of carbonyl (C=O) groups is 1. The van der Waals surface area contributed by atoms with E-state index in [4.69, 9.17) is 14.3 Å². The van der Waals surface area contributed by atoms with Crippen LogP contribution in [0.1, 0.15) is 35.0 Å². The second-order valence-electron chi connectivity index (χ2n) is 3.67. The van der Waals surface area contributed by atoms with Gasteiger partial charge in [-0.3, -0.25) is 0 Å². The average molecular weight is 211 g/mol. The van der Waals surface area contributed by atoms with Gasteiger partial charge in [-0.25, -0.2) is 9.78 Å². The number of carboxylic acids is 1. The van der Waals surface area contributed by atoms with Gasteiger partial charge in [0.15, 0.2) is 5.89 Å². The molecule has 5 nitrogen and oxygen atoms in total. The van der Waals surface area contributed by atoms with Gasteiger partial charge in [0.25, 0.3) is 0 Å². The predicted molar refractivity (Wildman–Crippen MR) is 50.9 cm³/mol. The lowest BCUT2D eigenvalue weighted by Gasteiger charge is -2.04. The molecule has 0 spiro atoms. The summed E-state index contributed by atoms with van der Waals surface area (Å²) in [5.74, 6) is -0.682. The third-order valence-electron chi connectivity index (χ3n) is 2.46. The molecule has 1 aliphatic rings. The standard InChI is InChI=1S/C10H13NO4/c1-6-9(10(12)13)15-8(11-6)5-7-3-2-4-14-7/h7H,2-5H2,1H3,(H,12,13). The molecule has 0 aromatic carbocycles. The number of aromatic nitrogens is 1. The second kappa shape index (κ2) is 4.02. The Hall–Kier alpha value is -1.36. The van der Waals surface area contributed by atoms with Crippen LogP contribution in [0, 0.1) is 6.92 Å². The Morgan fingerprint density at radius 3 is 3.00 bits per heavy atom. The molecule has 1 aromatic rings. The summed E-state index contributed by atoms with van der Waals surface area (Å²) in [6.07, 6.45) is 2.73. The van der Waals surface area contributed by atoms with Crippen LogP contribution in [0.15, 0.2) is 4.42 Å². The lowest BCUT2D eigenvalue weighted by atomic mass is 10.2. The van der Waals surface area contributed by atoms with E-state index in [2.05, 4.69) is 4.98 Å². The molecule has 2 heterocycles.